The highest BCUT2D eigenvalue weighted by Gasteiger charge is 2.11. The summed E-state index contributed by atoms with van der Waals surface area (Å²) in [4.78, 5) is 8.80. The van der Waals surface area contributed by atoms with Gasteiger partial charge in [0.05, 0.1) is 0 Å². The molecular formula is C13H19BrN4. The van der Waals surface area contributed by atoms with E-state index in [-0.39, 0.29) is 0 Å². The van der Waals surface area contributed by atoms with Crippen molar-refractivity contribution in [2.75, 3.05) is 5.32 Å². The van der Waals surface area contributed by atoms with Gasteiger partial charge in [0.1, 0.15) is 4.60 Å². The zero-order chi connectivity index (χ0) is 13.1. The van der Waals surface area contributed by atoms with E-state index < -0.39 is 0 Å². The molecule has 0 amide bonds. The Morgan fingerprint density at radius 1 is 1.44 bits per heavy atom. The Bertz CT molecular complexity index is 523. The number of halogens is 1. The maximum atomic E-state index is 4.47. The van der Waals surface area contributed by atoms with Gasteiger partial charge in [-0.05, 0) is 35.2 Å². The van der Waals surface area contributed by atoms with Crippen molar-refractivity contribution in [3.8, 4) is 0 Å². The predicted octanol–water partition coefficient (Wildman–Crippen LogP) is 3.73. The number of imidazole rings is 1. The quantitative estimate of drug-likeness (QED) is 0.915. The summed E-state index contributed by atoms with van der Waals surface area (Å²) in [7, 11) is 0. The van der Waals surface area contributed by atoms with Crippen molar-refractivity contribution in [1.82, 2.24) is 14.4 Å². The number of rotatable bonds is 5. The SMILES string of the molecule is CCC(C)CC(C)Nc1nc(Br)cn2ccnc12. The third-order valence-corrected chi connectivity index (χ3v) is 3.56. The minimum absolute atomic E-state index is 0.391. The molecule has 0 fully saturated rings. The molecular weight excluding hydrogens is 292 g/mol. The van der Waals surface area contributed by atoms with E-state index in [0.29, 0.717) is 6.04 Å². The largest absolute Gasteiger partial charge is 0.364 e. The van der Waals surface area contributed by atoms with Crippen molar-refractivity contribution in [1.29, 1.82) is 0 Å². The molecule has 5 heteroatoms. The Morgan fingerprint density at radius 2 is 2.22 bits per heavy atom. The second-order valence-electron chi connectivity index (χ2n) is 4.86. The van der Waals surface area contributed by atoms with Crippen LogP contribution >= 0.6 is 15.9 Å². The van der Waals surface area contributed by atoms with Crippen molar-refractivity contribution in [2.24, 2.45) is 5.92 Å². The molecule has 98 valence electrons. The highest BCUT2D eigenvalue weighted by atomic mass is 79.9. The summed E-state index contributed by atoms with van der Waals surface area (Å²) < 4.78 is 2.78. The van der Waals surface area contributed by atoms with Gasteiger partial charge in [0.2, 0.25) is 0 Å². The number of hydrogen-bond acceptors (Lipinski definition) is 3. The second-order valence-corrected chi connectivity index (χ2v) is 5.68. The van der Waals surface area contributed by atoms with Gasteiger partial charge in [0, 0.05) is 24.6 Å². The Labute approximate surface area is 116 Å². The lowest BCUT2D eigenvalue weighted by Gasteiger charge is -2.18. The molecule has 18 heavy (non-hydrogen) atoms. The monoisotopic (exact) mass is 310 g/mol. The summed E-state index contributed by atoms with van der Waals surface area (Å²) in [5, 5.41) is 3.45. The molecule has 0 aliphatic rings. The van der Waals surface area contributed by atoms with E-state index in [1.807, 2.05) is 16.8 Å². The highest BCUT2D eigenvalue weighted by molar-refractivity contribution is 9.10. The molecule has 2 aromatic heterocycles. The van der Waals surface area contributed by atoms with E-state index in [1.54, 1.807) is 6.20 Å². The molecule has 0 aromatic carbocycles. The molecule has 2 heterocycles. The third kappa shape index (κ3) is 3.02. The Hall–Kier alpha value is -1.10. The van der Waals surface area contributed by atoms with Gasteiger partial charge in [-0.3, -0.25) is 0 Å². The summed E-state index contributed by atoms with van der Waals surface area (Å²) in [5.74, 6) is 1.56. The first-order valence-electron chi connectivity index (χ1n) is 6.36. The number of nitrogens with zero attached hydrogens (tertiary/aromatic N) is 3. The molecule has 2 atom stereocenters. The standard InChI is InChI=1S/C13H19BrN4/c1-4-9(2)7-10(3)16-12-13-15-5-6-18(13)8-11(14)17-12/h5-6,8-10H,4,7H2,1-3H3,(H,16,17). The summed E-state index contributed by atoms with van der Waals surface area (Å²) in [6.45, 7) is 6.69. The van der Waals surface area contributed by atoms with Crippen LogP contribution in [0.3, 0.4) is 0 Å². The summed E-state index contributed by atoms with van der Waals surface area (Å²) in [6, 6.07) is 0.391. The van der Waals surface area contributed by atoms with E-state index in [0.717, 1.165) is 28.4 Å². The Kier molecular flexibility index (Phi) is 4.22. The van der Waals surface area contributed by atoms with Gasteiger partial charge < -0.3 is 9.72 Å². The van der Waals surface area contributed by atoms with E-state index in [2.05, 4.69) is 52.0 Å². The van der Waals surface area contributed by atoms with Gasteiger partial charge in [-0.25, -0.2) is 9.97 Å². The fourth-order valence-electron chi connectivity index (χ4n) is 2.06. The fraction of sp³-hybridized carbons (Fsp3) is 0.538. The molecule has 1 N–H and O–H groups in total. The number of hydrogen-bond donors (Lipinski definition) is 1. The first-order chi connectivity index (χ1) is 8.60. The van der Waals surface area contributed by atoms with Crippen LogP contribution in [0.5, 0.6) is 0 Å². The van der Waals surface area contributed by atoms with Crippen LogP contribution in [0.4, 0.5) is 5.82 Å². The van der Waals surface area contributed by atoms with Crippen LogP contribution < -0.4 is 5.32 Å². The predicted molar refractivity (Wildman–Crippen MR) is 77.8 cm³/mol. The molecule has 2 aromatic rings. The smallest absolute Gasteiger partial charge is 0.180 e. The third-order valence-electron chi connectivity index (χ3n) is 3.18. The molecule has 0 saturated carbocycles. The number of anilines is 1. The lowest BCUT2D eigenvalue weighted by molar-refractivity contribution is 0.483. The molecule has 0 aliphatic carbocycles. The summed E-state index contributed by atoms with van der Waals surface area (Å²) in [5.41, 5.74) is 0.870. The average Bonchev–Trinajstić information content (AvgIpc) is 2.76. The van der Waals surface area contributed by atoms with Gasteiger partial charge in [-0.2, -0.15) is 0 Å². The van der Waals surface area contributed by atoms with Crippen LogP contribution in [0.1, 0.15) is 33.6 Å². The average molecular weight is 311 g/mol. The molecule has 0 saturated heterocycles. The first-order valence-corrected chi connectivity index (χ1v) is 7.15. The van der Waals surface area contributed by atoms with Crippen LogP contribution in [0, 0.1) is 5.92 Å². The minimum atomic E-state index is 0.391. The number of nitrogens with one attached hydrogen (secondary N) is 1. The van der Waals surface area contributed by atoms with Crippen LogP contribution in [-0.2, 0) is 0 Å². The topological polar surface area (TPSA) is 42.2 Å². The van der Waals surface area contributed by atoms with Crippen molar-refractivity contribution in [3.05, 3.63) is 23.2 Å². The second kappa shape index (κ2) is 5.69. The summed E-state index contributed by atoms with van der Waals surface area (Å²) in [6.07, 6.45) is 7.96. The zero-order valence-electron chi connectivity index (χ0n) is 11.0. The van der Waals surface area contributed by atoms with Crippen LogP contribution in [0.25, 0.3) is 5.65 Å². The van der Waals surface area contributed by atoms with Crippen LogP contribution in [0.15, 0.2) is 23.2 Å². The molecule has 2 unspecified atom stereocenters. The van der Waals surface area contributed by atoms with Crippen molar-refractivity contribution in [2.45, 2.75) is 39.7 Å². The maximum absolute atomic E-state index is 4.47. The first kappa shape index (κ1) is 13.3. The molecule has 0 aliphatic heterocycles. The van der Waals surface area contributed by atoms with Gasteiger partial charge >= 0.3 is 0 Å². The van der Waals surface area contributed by atoms with Crippen LogP contribution in [0.2, 0.25) is 0 Å². The fourth-order valence-corrected chi connectivity index (χ4v) is 2.46. The van der Waals surface area contributed by atoms with Gasteiger partial charge in [-0.1, -0.05) is 20.3 Å². The normalized spacial score (nSPS) is 14.7. The van der Waals surface area contributed by atoms with Crippen molar-refractivity contribution in [3.63, 3.8) is 0 Å². The van der Waals surface area contributed by atoms with Crippen molar-refractivity contribution < 1.29 is 0 Å². The van der Waals surface area contributed by atoms with Crippen LogP contribution in [-0.4, -0.2) is 20.4 Å². The van der Waals surface area contributed by atoms with Gasteiger partial charge in [0.15, 0.2) is 11.5 Å². The summed E-state index contributed by atoms with van der Waals surface area (Å²) >= 11 is 3.42. The number of aromatic nitrogens is 3. The zero-order valence-corrected chi connectivity index (χ0v) is 12.6. The molecule has 0 radical (unpaired) electrons. The molecule has 4 nitrogen and oxygen atoms in total. The molecule has 0 spiro atoms. The highest BCUT2D eigenvalue weighted by Crippen LogP contribution is 2.19. The van der Waals surface area contributed by atoms with Gasteiger partial charge in [-0.15, -0.1) is 0 Å². The number of fused-ring (bicyclic) bond motifs is 1. The van der Waals surface area contributed by atoms with E-state index >= 15 is 0 Å². The Morgan fingerprint density at radius 3 is 2.94 bits per heavy atom. The Balaban J connectivity index is 2.18. The van der Waals surface area contributed by atoms with E-state index in [4.69, 9.17) is 0 Å². The molecule has 2 rings (SSSR count). The molecule has 0 bridgehead atoms. The van der Waals surface area contributed by atoms with Crippen molar-refractivity contribution >= 4 is 27.4 Å². The van der Waals surface area contributed by atoms with E-state index in [9.17, 15) is 0 Å². The maximum Gasteiger partial charge on any atom is 0.180 e. The lowest BCUT2D eigenvalue weighted by Crippen LogP contribution is -2.19. The van der Waals surface area contributed by atoms with Gasteiger partial charge in [0.25, 0.3) is 0 Å². The van der Waals surface area contributed by atoms with E-state index in [1.165, 1.54) is 6.42 Å². The minimum Gasteiger partial charge on any atom is -0.364 e. The lowest BCUT2D eigenvalue weighted by atomic mass is 10.0.